The molecule has 1 aromatic heterocycles. The van der Waals surface area contributed by atoms with Crippen LogP contribution in [-0.2, 0) is 11.3 Å². The number of aromatic nitrogens is 1. The number of fused-ring (bicyclic) bond motifs is 1. The van der Waals surface area contributed by atoms with Crippen molar-refractivity contribution in [1.29, 1.82) is 0 Å². The Kier molecular flexibility index (Phi) is 3.95. The van der Waals surface area contributed by atoms with Crippen LogP contribution in [0.1, 0.15) is 24.8 Å². The summed E-state index contributed by atoms with van der Waals surface area (Å²) in [6, 6.07) is 8.11. The van der Waals surface area contributed by atoms with Crippen LogP contribution in [-0.4, -0.2) is 35.9 Å². The molecule has 1 saturated heterocycles. The smallest absolute Gasteiger partial charge is 0.229 e. The van der Waals surface area contributed by atoms with Gasteiger partial charge in [-0.15, -0.1) is 11.3 Å². The van der Waals surface area contributed by atoms with Crippen LogP contribution in [0.15, 0.2) is 24.3 Å². The number of rotatable bonds is 3. The zero-order valence-corrected chi connectivity index (χ0v) is 13.4. The highest BCUT2D eigenvalue weighted by molar-refractivity contribution is 7.18. The Morgan fingerprint density at radius 2 is 2.29 bits per heavy atom. The fraction of sp³-hybridized carbons (Fsp3) is 0.500. The Bertz CT molecular complexity index is 613. The first-order chi connectivity index (χ1) is 10.1. The second kappa shape index (κ2) is 5.73. The van der Waals surface area contributed by atoms with Gasteiger partial charge in [0.1, 0.15) is 5.01 Å². The summed E-state index contributed by atoms with van der Waals surface area (Å²) in [6.45, 7) is 4.45. The van der Waals surface area contributed by atoms with Crippen LogP contribution in [0.4, 0.5) is 0 Å². The summed E-state index contributed by atoms with van der Waals surface area (Å²) >= 11 is 1.67. The predicted molar refractivity (Wildman–Crippen MR) is 86.3 cm³/mol. The van der Waals surface area contributed by atoms with Crippen molar-refractivity contribution in [2.75, 3.05) is 20.1 Å². The van der Waals surface area contributed by atoms with Crippen molar-refractivity contribution in [3.63, 3.8) is 0 Å². The average molecular weight is 303 g/mol. The second-order valence-corrected chi connectivity index (χ2v) is 7.19. The second-order valence-electron chi connectivity index (χ2n) is 6.08. The molecule has 0 saturated carbocycles. The van der Waals surface area contributed by atoms with Crippen molar-refractivity contribution in [2.45, 2.75) is 26.3 Å². The molecule has 3 rings (SSSR count). The number of piperidine rings is 1. The van der Waals surface area contributed by atoms with Crippen LogP contribution in [0.3, 0.4) is 0 Å². The van der Waals surface area contributed by atoms with Gasteiger partial charge in [-0.2, -0.15) is 0 Å². The molecule has 1 N–H and O–H groups in total. The van der Waals surface area contributed by atoms with Gasteiger partial charge in [-0.05, 0) is 38.4 Å². The molecule has 1 fully saturated rings. The van der Waals surface area contributed by atoms with Gasteiger partial charge in [-0.1, -0.05) is 12.1 Å². The quantitative estimate of drug-likeness (QED) is 0.948. The van der Waals surface area contributed by atoms with Crippen molar-refractivity contribution >= 4 is 27.5 Å². The van der Waals surface area contributed by atoms with Crippen molar-refractivity contribution in [3.8, 4) is 0 Å². The number of hydrogen-bond donors (Lipinski definition) is 1. The van der Waals surface area contributed by atoms with Gasteiger partial charge in [0.2, 0.25) is 5.91 Å². The van der Waals surface area contributed by atoms with E-state index in [1.54, 1.807) is 11.3 Å². The van der Waals surface area contributed by atoms with Crippen molar-refractivity contribution in [1.82, 2.24) is 15.2 Å². The molecule has 0 radical (unpaired) electrons. The number of hydrogen-bond acceptors (Lipinski definition) is 4. The maximum absolute atomic E-state index is 12.7. The van der Waals surface area contributed by atoms with Crippen LogP contribution in [0, 0.1) is 5.41 Å². The largest absolute Gasteiger partial charge is 0.338 e. The number of carbonyl (C=O) groups is 1. The molecule has 1 aromatic carbocycles. The number of thiazole rings is 1. The van der Waals surface area contributed by atoms with E-state index in [1.165, 1.54) is 4.70 Å². The van der Waals surface area contributed by atoms with Crippen LogP contribution in [0.2, 0.25) is 0 Å². The summed E-state index contributed by atoms with van der Waals surface area (Å²) in [6.07, 6.45) is 2.03. The van der Waals surface area contributed by atoms with Crippen LogP contribution >= 0.6 is 11.3 Å². The number of benzene rings is 1. The van der Waals surface area contributed by atoms with Gasteiger partial charge in [-0.25, -0.2) is 4.98 Å². The first-order valence-electron chi connectivity index (χ1n) is 7.39. The van der Waals surface area contributed by atoms with E-state index in [0.29, 0.717) is 6.54 Å². The van der Waals surface area contributed by atoms with E-state index in [4.69, 9.17) is 0 Å². The van der Waals surface area contributed by atoms with Gasteiger partial charge in [0.25, 0.3) is 0 Å². The van der Waals surface area contributed by atoms with Gasteiger partial charge < -0.3 is 10.2 Å². The monoisotopic (exact) mass is 303 g/mol. The van der Waals surface area contributed by atoms with Crippen molar-refractivity contribution < 1.29 is 4.79 Å². The van der Waals surface area contributed by atoms with Crippen molar-refractivity contribution in [3.05, 3.63) is 29.3 Å². The molecule has 4 nitrogen and oxygen atoms in total. The van der Waals surface area contributed by atoms with Gasteiger partial charge in [0.05, 0.1) is 22.2 Å². The summed E-state index contributed by atoms with van der Waals surface area (Å²) in [7, 11) is 1.88. The lowest BCUT2D eigenvalue weighted by Crippen LogP contribution is -2.48. The number of amides is 1. The Morgan fingerprint density at radius 3 is 3.00 bits per heavy atom. The Morgan fingerprint density at radius 1 is 1.48 bits per heavy atom. The summed E-state index contributed by atoms with van der Waals surface area (Å²) in [5.41, 5.74) is 0.743. The molecule has 0 spiro atoms. The van der Waals surface area contributed by atoms with E-state index < -0.39 is 0 Å². The third-order valence-electron chi connectivity index (χ3n) is 4.17. The predicted octanol–water partition coefficient (Wildman–Crippen LogP) is 2.64. The Labute approximate surface area is 129 Å². The summed E-state index contributed by atoms with van der Waals surface area (Å²) in [4.78, 5) is 19.1. The Balaban J connectivity index is 1.73. The molecule has 2 aromatic rings. The highest BCUT2D eigenvalue weighted by atomic mass is 32.1. The average Bonchev–Trinajstić information content (AvgIpc) is 2.89. The fourth-order valence-corrected chi connectivity index (χ4v) is 3.98. The number of nitrogens with zero attached hydrogens (tertiary/aromatic N) is 2. The lowest BCUT2D eigenvalue weighted by atomic mass is 9.81. The van der Waals surface area contributed by atoms with Crippen molar-refractivity contribution in [2.24, 2.45) is 5.41 Å². The molecule has 1 amide bonds. The molecule has 112 valence electrons. The molecule has 5 heteroatoms. The third kappa shape index (κ3) is 2.94. The van der Waals surface area contributed by atoms with E-state index in [1.807, 2.05) is 30.1 Å². The minimum absolute atomic E-state index is 0.217. The SMILES string of the molecule is CN(Cc1nc2ccccc2s1)C(=O)C1(C)CCCNC1. The van der Waals surface area contributed by atoms with Crippen LogP contribution in [0.25, 0.3) is 10.2 Å². The van der Waals surface area contributed by atoms with E-state index in [-0.39, 0.29) is 11.3 Å². The highest BCUT2D eigenvalue weighted by Gasteiger charge is 2.36. The molecule has 1 aliphatic heterocycles. The first-order valence-corrected chi connectivity index (χ1v) is 8.21. The van der Waals surface area contributed by atoms with E-state index in [9.17, 15) is 4.79 Å². The molecular weight excluding hydrogens is 282 g/mol. The zero-order chi connectivity index (χ0) is 14.9. The molecule has 1 unspecified atom stereocenters. The minimum Gasteiger partial charge on any atom is -0.338 e. The Hall–Kier alpha value is -1.46. The third-order valence-corrected chi connectivity index (χ3v) is 5.19. The summed E-state index contributed by atoms with van der Waals surface area (Å²) in [5.74, 6) is 0.217. The minimum atomic E-state index is -0.274. The topological polar surface area (TPSA) is 45.2 Å². The molecule has 1 aliphatic rings. The molecule has 1 atom stereocenters. The van der Waals surface area contributed by atoms with E-state index in [0.717, 1.165) is 36.5 Å². The lowest BCUT2D eigenvalue weighted by molar-refractivity contribution is -0.141. The zero-order valence-electron chi connectivity index (χ0n) is 12.6. The van der Waals surface area contributed by atoms with Crippen LogP contribution < -0.4 is 5.32 Å². The molecule has 0 aliphatic carbocycles. The normalized spacial score (nSPS) is 22.4. The highest BCUT2D eigenvalue weighted by Crippen LogP contribution is 2.29. The van der Waals surface area contributed by atoms with Gasteiger partial charge in [0.15, 0.2) is 0 Å². The van der Waals surface area contributed by atoms with E-state index >= 15 is 0 Å². The number of nitrogens with one attached hydrogen (secondary N) is 1. The summed E-state index contributed by atoms with van der Waals surface area (Å²) < 4.78 is 1.18. The van der Waals surface area contributed by atoms with E-state index in [2.05, 4.69) is 23.3 Å². The standard InChI is InChI=1S/C16H21N3OS/c1-16(8-5-9-17-11-16)15(20)19(2)10-14-18-12-6-3-4-7-13(12)21-14/h3-4,6-7,17H,5,8-11H2,1-2H3. The summed E-state index contributed by atoms with van der Waals surface area (Å²) in [5, 5.41) is 4.34. The molecule has 0 bridgehead atoms. The van der Waals surface area contributed by atoms with Crippen LogP contribution in [0.5, 0.6) is 0 Å². The molecular formula is C16H21N3OS. The van der Waals surface area contributed by atoms with Gasteiger partial charge in [0, 0.05) is 13.6 Å². The van der Waals surface area contributed by atoms with Gasteiger partial charge >= 0.3 is 0 Å². The molecule has 2 heterocycles. The van der Waals surface area contributed by atoms with Gasteiger partial charge in [-0.3, -0.25) is 4.79 Å². The molecule has 21 heavy (non-hydrogen) atoms. The lowest BCUT2D eigenvalue weighted by Gasteiger charge is -2.35. The first kappa shape index (κ1) is 14.5. The maximum atomic E-state index is 12.7. The number of carbonyl (C=O) groups excluding carboxylic acids is 1. The maximum Gasteiger partial charge on any atom is 0.229 e. The fourth-order valence-electron chi connectivity index (χ4n) is 2.96. The number of para-hydroxylation sites is 1.